The summed E-state index contributed by atoms with van der Waals surface area (Å²) in [5.74, 6) is 4.95. The lowest BCUT2D eigenvalue weighted by Crippen LogP contribution is -2.52. The number of rotatable bonds is 1. The lowest BCUT2D eigenvalue weighted by atomic mass is 9.46. The van der Waals surface area contributed by atoms with Crippen LogP contribution in [0.2, 0.25) is 0 Å². The molecule has 0 bridgehead atoms. The first-order chi connectivity index (χ1) is 11.6. The van der Waals surface area contributed by atoms with Crippen molar-refractivity contribution < 1.29 is 4.79 Å². The number of nitrogens with zero attached hydrogens (tertiary/aromatic N) is 1. The second-order valence-corrected chi connectivity index (χ2v) is 9.59. The highest BCUT2D eigenvalue weighted by atomic mass is 16.1. The van der Waals surface area contributed by atoms with E-state index in [0.29, 0.717) is 17.6 Å². The number of ketones is 1. The highest BCUT2D eigenvalue weighted by molar-refractivity contribution is 5.91. The van der Waals surface area contributed by atoms with Crippen molar-refractivity contribution in [1.82, 2.24) is 0 Å². The molecule has 0 aromatic rings. The number of carbonyl (C=O) groups is 1. The molecule has 0 N–H and O–H groups in total. The molecular weight excluding hydrogens is 294 g/mol. The van der Waals surface area contributed by atoms with Gasteiger partial charge in [0.15, 0.2) is 5.78 Å². The summed E-state index contributed by atoms with van der Waals surface area (Å²) < 4.78 is 0. The number of carbonyl (C=O) groups excluding carboxylic acids is 1. The van der Waals surface area contributed by atoms with E-state index >= 15 is 0 Å². The maximum Gasteiger partial charge on any atom is 0.155 e. The molecule has 0 saturated heterocycles. The molecule has 0 aromatic heterocycles. The Morgan fingerprint density at radius 3 is 2.79 bits per heavy atom. The van der Waals surface area contributed by atoms with Gasteiger partial charge in [0.2, 0.25) is 0 Å². The third-order valence-corrected chi connectivity index (χ3v) is 9.32. The summed E-state index contributed by atoms with van der Waals surface area (Å²) >= 11 is 0. The Morgan fingerprint density at radius 1 is 1.21 bits per heavy atom. The highest BCUT2D eigenvalue weighted by Gasteiger charge is 2.75. The Balaban J connectivity index is 1.53. The van der Waals surface area contributed by atoms with Crippen LogP contribution < -0.4 is 0 Å². The first-order valence-corrected chi connectivity index (χ1v) is 10.2. The summed E-state index contributed by atoms with van der Waals surface area (Å²) in [5, 5.41) is 10.1. The van der Waals surface area contributed by atoms with E-state index < -0.39 is 0 Å². The molecule has 4 saturated carbocycles. The topological polar surface area (TPSA) is 40.9 Å². The lowest BCUT2D eigenvalue weighted by Gasteiger charge is -2.57. The van der Waals surface area contributed by atoms with Crippen molar-refractivity contribution in [2.24, 2.45) is 46.3 Å². The zero-order chi connectivity index (χ0) is 16.7. The van der Waals surface area contributed by atoms with Crippen molar-refractivity contribution >= 4 is 5.78 Å². The number of allylic oxidation sites excluding steroid dienone is 1. The van der Waals surface area contributed by atoms with Gasteiger partial charge in [0.25, 0.3) is 0 Å². The Hall–Kier alpha value is -1.10. The Bertz CT molecular complexity index is 672. The minimum atomic E-state index is -0.0826. The van der Waals surface area contributed by atoms with E-state index in [9.17, 15) is 10.1 Å². The van der Waals surface area contributed by atoms with Gasteiger partial charge >= 0.3 is 0 Å². The fourth-order valence-corrected chi connectivity index (χ4v) is 8.28. The van der Waals surface area contributed by atoms with Gasteiger partial charge in [-0.25, -0.2) is 0 Å². The quantitative estimate of drug-likeness (QED) is 0.688. The Labute approximate surface area is 145 Å². The van der Waals surface area contributed by atoms with Crippen molar-refractivity contribution in [3.63, 3.8) is 0 Å². The van der Waals surface area contributed by atoms with Crippen molar-refractivity contribution in [3.05, 3.63) is 11.6 Å². The molecule has 0 aromatic carbocycles. The molecule has 5 aliphatic rings. The van der Waals surface area contributed by atoms with Crippen molar-refractivity contribution in [2.75, 3.05) is 0 Å². The second-order valence-electron chi connectivity index (χ2n) is 9.59. The van der Waals surface area contributed by atoms with E-state index in [4.69, 9.17) is 0 Å². The van der Waals surface area contributed by atoms with Crippen LogP contribution in [0.3, 0.4) is 0 Å². The molecule has 0 heterocycles. The van der Waals surface area contributed by atoms with Gasteiger partial charge < -0.3 is 0 Å². The summed E-state index contributed by atoms with van der Waals surface area (Å²) in [6, 6.07) is 2.82. The van der Waals surface area contributed by atoms with Crippen LogP contribution in [0.25, 0.3) is 0 Å². The van der Waals surface area contributed by atoms with Gasteiger partial charge in [-0.15, -0.1) is 0 Å². The van der Waals surface area contributed by atoms with Crippen LogP contribution in [-0.4, -0.2) is 5.78 Å². The van der Waals surface area contributed by atoms with Gasteiger partial charge in [-0.3, -0.25) is 4.79 Å². The number of hydrogen-bond donors (Lipinski definition) is 0. The second kappa shape index (κ2) is 4.75. The molecule has 0 aliphatic heterocycles. The molecule has 24 heavy (non-hydrogen) atoms. The van der Waals surface area contributed by atoms with Crippen LogP contribution in [0, 0.1) is 57.7 Å². The van der Waals surface area contributed by atoms with Gasteiger partial charge in [0.1, 0.15) is 0 Å². The summed E-state index contributed by atoms with van der Waals surface area (Å²) in [6.45, 7) is 4.65. The van der Waals surface area contributed by atoms with E-state index in [2.05, 4.69) is 19.9 Å². The molecule has 4 fully saturated rings. The number of nitriles is 1. The summed E-state index contributed by atoms with van der Waals surface area (Å²) in [5.41, 5.74) is 1.67. The number of fused-ring (bicyclic) bond motifs is 7. The third kappa shape index (κ3) is 1.60. The maximum absolute atomic E-state index is 11.8. The molecule has 0 amide bonds. The molecular formula is C22H29NO. The zero-order valence-electron chi connectivity index (χ0n) is 15.1. The summed E-state index contributed by atoms with van der Waals surface area (Å²) in [7, 11) is 0. The van der Waals surface area contributed by atoms with E-state index in [1.54, 1.807) is 0 Å². The van der Waals surface area contributed by atoms with Gasteiger partial charge in [0.05, 0.1) is 11.5 Å². The van der Waals surface area contributed by atoms with Crippen LogP contribution in [-0.2, 0) is 4.79 Å². The lowest BCUT2D eigenvalue weighted by molar-refractivity contribution is -0.116. The highest BCUT2D eigenvalue weighted by Crippen LogP contribution is 2.79. The molecule has 0 spiro atoms. The van der Waals surface area contributed by atoms with Crippen LogP contribution in [0.1, 0.15) is 65.2 Å². The average Bonchev–Trinajstić information content (AvgIpc) is 3.36. The molecule has 6 unspecified atom stereocenters. The number of hydrogen-bond acceptors (Lipinski definition) is 2. The third-order valence-electron chi connectivity index (χ3n) is 9.32. The van der Waals surface area contributed by atoms with E-state index in [0.717, 1.165) is 42.9 Å². The average molecular weight is 323 g/mol. The van der Waals surface area contributed by atoms with Crippen molar-refractivity contribution in [1.29, 1.82) is 5.26 Å². The van der Waals surface area contributed by atoms with Gasteiger partial charge in [0, 0.05) is 6.42 Å². The standard InChI is InChI=1S/C22H29NO/c1-3-22-9-8-16-15-7-5-14(24)10-13(15)4-6-17(16)20(22)18-11-19(18)21(22,2)12-23/h10,15-20H,3-9,11H2,1-2H3/t15?,16?,17?,18?,19?,20-,21+,22?/m1/s1. The van der Waals surface area contributed by atoms with Gasteiger partial charge in [-0.1, -0.05) is 12.5 Å². The SMILES string of the molecule is CCC12CCC3C4CCC(=O)C=C4CCC3[C@@H]1C1CC1[C@]2(C)C#N. The largest absolute Gasteiger partial charge is 0.295 e. The van der Waals surface area contributed by atoms with E-state index in [1.165, 1.54) is 37.7 Å². The fraction of sp³-hybridized carbons (Fsp3) is 0.818. The van der Waals surface area contributed by atoms with Gasteiger partial charge in [-0.2, -0.15) is 5.26 Å². The Kier molecular flexibility index (Phi) is 3.00. The van der Waals surface area contributed by atoms with Crippen molar-refractivity contribution in [2.45, 2.75) is 65.2 Å². The van der Waals surface area contributed by atoms with Crippen LogP contribution >= 0.6 is 0 Å². The van der Waals surface area contributed by atoms with Crippen LogP contribution in [0.15, 0.2) is 11.6 Å². The van der Waals surface area contributed by atoms with Crippen molar-refractivity contribution in [3.8, 4) is 6.07 Å². The van der Waals surface area contributed by atoms with Crippen LogP contribution in [0.4, 0.5) is 0 Å². The molecule has 128 valence electrons. The normalized spacial score (nSPS) is 54.7. The first-order valence-electron chi connectivity index (χ1n) is 10.2. The first kappa shape index (κ1) is 15.2. The summed E-state index contributed by atoms with van der Waals surface area (Å²) in [6.07, 6.45) is 11.3. The molecule has 0 radical (unpaired) electrons. The Morgan fingerprint density at radius 2 is 2.04 bits per heavy atom. The minimum absolute atomic E-state index is 0.0826. The predicted molar refractivity (Wildman–Crippen MR) is 92.8 cm³/mol. The molecule has 5 rings (SSSR count). The van der Waals surface area contributed by atoms with Crippen LogP contribution in [0.5, 0.6) is 0 Å². The molecule has 5 aliphatic carbocycles. The monoisotopic (exact) mass is 323 g/mol. The van der Waals surface area contributed by atoms with E-state index in [1.807, 2.05) is 6.08 Å². The smallest absolute Gasteiger partial charge is 0.155 e. The summed E-state index contributed by atoms with van der Waals surface area (Å²) in [4.78, 5) is 11.8. The predicted octanol–water partition coefficient (Wildman–Crippen LogP) is 4.90. The molecule has 2 heteroatoms. The fourth-order valence-electron chi connectivity index (χ4n) is 8.28. The minimum Gasteiger partial charge on any atom is -0.295 e. The zero-order valence-corrected chi connectivity index (χ0v) is 15.1. The van der Waals surface area contributed by atoms with Gasteiger partial charge in [-0.05, 0) is 98.9 Å². The van der Waals surface area contributed by atoms with E-state index in [-0.39, 0.29) is 10.8 Å². The molecule has 2 nitrogen and oxygen atoms in total. The maximum atomic E-state index is 11.8. The molecule has 8 atom stereocenters.